The molecular weight excluding hydrogens is 534 g/mol. The van der Waals surface area contributed by atoms with Crippen molar-refractivity contribution in [3.8, 4) is 33.6 Å². The van der Waals surface area contributed by atoms with Gasteiger partial charge in [-0.05, 0) is 82.9 Å². The van der Waals surface area contributed by atoms with E-state index in [0.29, 0.717) is 0 Å². The summed E-state index contributed by atoms with van der Waals surface area (Å²) in [5, 5.41) is 4.94. The van der Waals surface area contributed by atoms with Gasteiger partial charge in [-0.1, -0.05) is 91.0 Å². The molecule has 206 valence electrons. The van der Waals surface area contributed by atoms with Crippen LogP contribution in [0.4, 0.5) is 0 Å². The number of fused-ring (bicyclic) bond motifs is 6. The maximum Gasteiger partial charge on any atom is 0.0724 e. The average molecular weight is 562 g/mol. The maximum atomic E-state index is 4.46. The summed E-state index contributed by atoms with van der Waals surface area (Å²) in [5.74, 6) is 0. The topological polar surface area (TPSA) is 22.8 Å². The first-order chi connectivity index (χ1) is 21.8. The highest BCUT2D eigenvalue weighted by atomic mass is 15.0. The van der Waals surface area contributed by atoms with Crippen LogP contribution < -0.4 is 0 Å². The van der Waals surface area contributed by atoms with E-state index in [-0.39, 0.29) is 0 Å². The van der Waals surface area contributed by atoms with E-state index in [9.17, 15) is 0 Å². The van der Waals surface area contributed by atoms with Crippen LogP contribution in [0.2, 0.25) is 0 Å². The summed E-state index contributed by atoms with van der Waals surface area (Å²) in [6.07, 6.45) is 3.85. The highest BCUT2D eigenvalue weighted by Crippen LogP contribution is 2.38. The molecule has 3 aromatic heterocycles. The number of benzene rings is 6. The molecule has 0 unspecified atom stereocenters. The van der Waals surface area contributed by atoms with E-state index in [0.717, 1.165) is 16.9 Å². The van der Waals surface area contributed by atoms with E-state index < -0.39 is 0 Å². The van der Waals surface area contributed by atoms with E-state index in [2.05, 4.69) is 166 Å². The van der Waals surface area contributed by atoms with E-state index in [1.54, 1.807) is 0 Å². The van der Waals surface area contributed by atoms with Crippen molar-refractivity contribution >= 4 is 43.6 Å². The summed E-state index contributed by atoms with van der Waals surface area (Å²) >= 11 is 0. The number of para-hydroxylation sites is 2. The molecule has 0 N–H and O–H groups in total. The van der Waals surface area contributed by atoms with Crippen molar-refractivity contribution in [2.45, 2.75) is 0 Å². The zero-order valence-electron chi connectivity index (χ0n) is 23.9. The molecule has 0 spiro atoms. The molecule has 6 aromatic carbocycles. The lowest BCUT2D eigenvalue weighted by Gasteiger charge is -2.10. The molecule has 0 aliphatic carbocycles. The Kier molecular flexibility index (Phi) is 5.50. The largest absolute Gasteiger partial charge is 0.309 e. The second-order valence-corrected chi connectivity index (χ2v) is 11.3. The van der Waals surface area contributed by atoms with Crippen LogP contribution in [0.15, 0.2) is 164 Å². The second-order valence-electron chi connectivity index (χ2n) is 11.3. The van der Waals surface area contributed by atoms with Gasteiger partial charge in [0.05, 0.1) is 28.3 Å². The Balaban J connectivity index is 1.20. The highest BCUT2D eigenvalue weighted by Gasteiger charge is 2.16. The molecule has 0 fully saturated rings. The third kappa shape index (κ3) is 3.80. The minimum atomic E-state index is 1.11. The van der Waals surface area contributed by atoms with Gasteiger partial charge in [0.25, 0.3) is 0 Å². The molecule has 0 aliphatic heterocycles. The number of pyridine rings is 1. The second kappa shape index (κ2) is 9.82. The van der Waals surface area contributed by atoms with Crippen molar-refractivity contribution in [1.82, 2.24) is 14.1 Å². The van der Waals surface area contributed by atoms with Crippen LogP contribution in [0.1, 0.15) is 0 Å². The van der Waals surface area contributed by atoms with Crippen LogP contribution in [0.3, 0.4) is 0 Å². The Morgan fingerprint density at radius 2 is 0.841 bits per heavy atom. The third-order valence-electron chi connectivity index (χ3n) is 8.82. The summed E-state index contributed by atoms with van der Waals surface area (Å²) in [4.78, 5) is 4.46. The van der Waals surface area contributed by atoms with Gasteiger partial charge in [0, 0.05) is 39.1 Å². The van der Waals surface area contributed by atoms with Gasteiger partial charge in [-0.3, -0.25) is 4.98 Å². The predicted molar refractivity (Wildman–Crippen MR) is 184 cm³/mol. The van der Waals surface area contributed by atoms with Crippen molar-refractivity contribution in [3.05, 3.63) is 164 Å². The summed E-state index contributed by atoms with van der Waals surface area (Å²) in [6, 6.07) is 54.5. The van der Waals surface area contributed by atoms with E-state index >= 15 is 0 Å². The van der Waals surface area contributed by atoms with Gasteiger partial charge in [-0.25, -0.2) is 0 Å². The lowest BCUT2D eigenvalue weighted by atomic mass is 10.0. The van der Waals surface area contributed by atoms with Crippen LogP contribution in [-0.4, -0.2) is 14.1 Å². The lowest BCUT2D eigenvalue weighted by Crippen LogP contribution is -1.94. The quantitative estimate of drug-likeness (QED) is 0.210. The van der Waals surface area contributed by atoms with Crippen LogP contribution in [0.5, 0.6) is 0 Å². The fourth-order valence-corrected chi connectivity index (χ4v) is 6.77. The molecule has 0 saturated heterocycles. The van der Waals surface area contributed by atoms with Gasteiger partial charge < -0.3 is 9.13 Å². The monoisotopic (exact) mass is 561 g/mol. The van der Waals surface area contributed by atoms with E-state index in [1.165, 1.54) is 60.3 Å². The van der Waals surface area contributed by atoms with Gasteiger partial charge in [0.1, 0.15) is 0 Å². The summed E-state index contributed by atoms with van der Waals surface area (Å²) < 4.78 is 4.69. The minimum absolute atomic E-state index is 1.11. The van der Waals surface area contributed by atoms with Crippen molar-refractivity contribution < 1.29 is 0 Å². The normalized spacial score (nSPS) is 11.6. The molecular formula is C41H27N3. The minimum Gasteiger partial charge on any atom is -0.309 e. The highest BCUT2D eigenvalue weighted by molar-refractivity contribution is 6.12. The first-order valence-electron chi connectivity index (χ1n) is 15.0. The predicted octanol–water partition coefficient (Wildman–Crippen LogP) is 10.6. The molecule has 9 rings (SSSR count). The van der Waals surface area contributed by atoms with Crippen LogP contribution in [-0.2, 0) is 0 Å². The average Bonchev–Trinajstić information content (AvgIpc) is 3.61. The molecule has 0 atom stereocenters. The van der Waals surface area contributed by atoms with E-state index in [4.69, 9.17) is 0 Å². The number of rotatable bonds is 4. The van der Waals surface area contributed by atoms with Crippen molar-refractivity contribution in [2.24, 2.45) is 0 Å². The fraction of sp³-hybridized carbons (Fsp3) is 0. The van der Waals surface area contributed by atoms with Crippen molar-refractivity contribution in [2.75, 3.05) is 0 Å². The Hall–Kier alpha value is -5.93. The van der Waals surface area contributed by atoms with Crippen LogP contribution in [0.25, 0.3) is 77.2 Å². The first kappa shape index (κ1) is 24.6. The van der Waals surface area contributed by atoms with Gasteiger partial charge in [-0.2, -0.15) is 0 Å². The molecule has 0 bridgehead atoms. The standard InChI is InChI=1S/C41H27N3/c1-3-9-28(10-4-1)29-15-19-33(20-16-29)43-38-14-8-7-13-34(38)36-25-30(17-21-39(36)43)31-18-22-40-37(26-31)35-23-24-42-27-41(35)44(40)32-11-5-2-6-12-32/h1-27H. The zero-order valence-corrected chi connectivity index (χ0v) is 23.9. The Labute approximate surface area is 254 Å². The third-order valence-corrected chi connectivity index (χ3v) is 8.82. The van der Waals surface area contributed by atoms with Crippen molar-refractivity contribution in [1.29, 1.82) is 0 Å². The molecule has 0 saturated carbocycles. The van der Waals surface area contributed by atoms with Crippen LogP contribution >= 0.6 is 0 Å². The molecule has 0 amide bonds. The Bertz CT molecular complexity index is 2470. The van der Waals surface area contributed by atoms with Crippen LogP contribution in [0, 0.1) is 0 Å². The maximum absolute atomic E-state index is 4.46. The molecule has 3 heteroatoms. The van der Waals surface area contributed by atoms with Gasteiger partial charge in [0.15, 0.2) is 0 Å². The number of aromatic nitrogens is 3. The molecule has 9 aromatic rings. The Morgan fingerprint density at radius 3 is 1.55 bits per heavy atom. The Morgan fingerprint density at radius 1 is 0.341 bits per heavy atom. The number of hydrogen-bond donors (Lipinski definition) is 0. The van der Waals surface area contributed by atoms with Crippen molar-refractivity contribution in [3.63, 3.8) is 0 Å². The first-order valence-corrected chi connectivity index (χ1v) is 15.0. The lowest BCUT2D eigenvalue weighted by molar-refractivity contribution is 1.17. The fourth-order valence-electron chi connectivity index (χ4n) is 6.77. The van der Waals surface area contributed by atoms with Gasteiger partial charge >= 0.3 is 0 Å². The van der Waals surface area contributed by atoms with E-state index in [1.807, 2.05) is 12.4 Å². The zero-order chi connectivity index (χ0) is 29.0. The SMILES string of the molecule is c1ccc(-c2ccc(-n3c4ccccc4c4cc(-c5ccc6c(c5)c5ccncc5n6-c5ccccc5)ccc43)cc2)cc1. The summed E-state index contributed by atoms with van der Waals surface area (Å²) in [5.41, 5.74) is 11.9. The summed E-state index contributed by atoms with van der Waals surface area (Å²) in [6.45, 7) is 0. The molecule has 0 radical (unpaired) electrons. The number of nitrogens with zero attached hydrogens (tertiary/aromatic N) is 3. The molecule has 3 nitrogen and oxygen atoms in total. The summed E-state index contributed by atoms with van der Waals surface area (Å²) in [7, 11) is 0. The van der Waals surface area contributed by atoms with Gasteiger partial charge in [0.2, 0.25) is 0 Å². The smallest absolute Gasteiger partial charge is 0.0724 e. The molecule has 3 heterocycles. The molecule has 0 aliphatic rings. The van der Waals surface area contributed by atoms with Gasteiger partial charge in [-0.15, -0.1) is 0 Å². The molecule has 44 heavy (non-hydrogen) atoms. The number of hydrogen-bond acceptors (Lipinski definition) is 1.